The zero-order chi connectivity index (χ0) is 8.97. The second-order valence-electron chi connectivity index (χ2n) is 2.36. The van der Waals surface area contributed by atoms with Gasteiger partial charge in [0, 0.05) is 0 Å². The van der Waals surface area contributed by atoms with E-state index in [4.69, 9.17) is 0 Å². The zero-order valence-corrected chi connectivity index (χ0v) is 7.03. The van der Waals surface area contributed by atoms with Gasteiger partial charge in [-0.25, -0.2) is 4.68 Å². The molecule has 0 aliphatic rings. The van der Waals surface area contributed by atoms with Crippen LogP contribution in [0.15, 0.2) is 12.7 Å². The fourth-order valence-corrected chi connectivity index (χ4v) is 1.07. The first-order chi connectivity index (χ1) is 5.83. The van der Waals surface area contributed by atoms with Gasteiger partial charge in [0.15, 0.2) is 6.29 Å². The molecule has 12 heavy (non-hydrogen) atoms. The number of hydrogen-bond donors (Lipinski definition) is 0. The van der Waals surface area contributed by atoms with Crippen molar-refractivity contribution in [3.05, 3.63) is 24.0 Å². The molecule has 4 heteroatoms. The van der Waals surface area contributed by atoms with Crippen LogP contribution >= 0.6 is 0 Å². The summed E-state index contributed by atoms with van der Waals surface area (Å²) < 4.78 is 1.68. The fourth-order valence-electron chi connectivity index (χ4n) is 1.07. The zero-order valence-electron chi connectivity index (χ0n) is 7.03. The highest BCUT2D eigenvalue weighted by atomic mass is 16.1. The van der Waals surface area contributed by atoms with Gasteiger partial charge in [0.25, 0.3) is 0 Å². The van der Waals surface area contributed by atoms with Gasteiger partial charge >= 0.3 is 0 Å². The second-order valence-corrected chi connectivity index (χ2v) is 2.36. The first-order valence-electron chi connectivity index (χ1n) is 3.81. The SMILES string of the molecule is C=CCn1nnc(C=O)c1CC. The van der Waals surface area contributed by atoms with Crippen molar-refractivity contribution in [2.75, 3.05) is 0 Å². The quantitative estimate of drug-likeness (QED) is 0.490. The summed E-state index contributed by atoms with van der Waals surface area (Å²) in [5, 5.41) is 7.53. The van der Waals surface area contributed by atoms with Gasteiger partial charge < -0.3 is 0 Å². The van der Waals surface area contributed by atoms with Crippen LogP contribution in [0.4, 0.5) is 0 Å². The largest absolute Gasteiger partial charge is 0.296 e. The van der Waals surface area contributed by atoms with E-state index in [0.717, 1.165) is 18.4 Å². The molecule has 0 saturated carbocycles. The molecule has 4 nitrogen and oxygen atoms in total. The van der Waals surface area contributed by atoms with Gasteiger partial charge in [-0.2, -0.15) is 0 Å². The Morgan fingerprint density at radius 1 is 1.67 bits per heavy atom. The summed E-state index contributed by atoms with van der Waals surface area (Å²) in [6.45, 7) is 6.15. The van der Waals surface area contributed by atoms with E-state index >= 15 is 0 Å². The standard InChI is InChI=1S/C8H11N3O/c1-3-5-11-8(4-2)7(6-12)9-10-11/h3,6H,1,4-5H2,2H3. The Morgan fingerprint density at radius 2 is 2.42 bits per heavy atom. The molecule has 0 atom stereocenters. The van der Waals surface area contributed by atoms with Crippen LogP contribution in [0.25, 0.3) is 0 Å². The summed E-state index contributed by atoms with van der Waals surface area (Å²) in [6.07, 6.45) is 3.21. The third-order valence-corrected chi connectivity index (χ3v) is 1.62. The molecule has 0 aliphatic heterocycles. The number of carbonyl (C=O) groups excluding carboxylic acids is 1. The molecule has 0 fully saturated rings. The van der Waals surface area contributed by atoms with Crippen LogP contribution in [-0.4, -0.2) is 21.3 Å². The average Bonchev–Trinajstić information content (AvgIpc) is 2.47. The Kier molecular flexibility index (Phi) is 2.74. The van der Waals surface area contributed by atoms with E-state index in [0.29, 0.717) is 12.2 Å². The summed E-state index contributed by atoms with van der Waals surface area (Å²) in [4.78, 5) is 10.5. The highest BCUT2D eigenvalue weighted by molar-refractivity contribution is 5.73. The minimum atomic E-state index is 0.430. The van der Waals surface area contributed by atoms with E-state index in [1.807, 2.05) is 6.92 Å². The van der Waals surface area contributed by atoms with Crippen molar-refractivity contribution in [3.8, 4) is 0 Å². The minimum absolute atomic E-state index is 0.430. The maximum atomic E-state index is 10.5. The summed E-state index contributed by atoms with van der Waals surface area (Å²) in [5.74, 6) is 0. The van der Waals surface area contributed by atoms with Crippen LogP contribution in [0, 0.1) is 0 Å². The molecule has 0 saturated heterocycles. The Balaban J connectivity index is 3.03. The maximum Gasteiger partial charge on any atom is 0.172 e. The first kappa shape index (κ1) is 8.64. The van der Waals surface area contributed by atoms with Gasteiger partial charge in [0.1, 0.15) is 5.69 Å². The molecule has 0 bridgehead atoms. The van der Waals surface area contributed by atoms with Crippen molar-refractivity contribution in [2.24, 2.45) is 0 Å². The van der Waals surface area contributed by atoms with Crippen LogP contribution in [-0.2, 0) is 13.0 Å². The molecular formula is C8H11N3O. The predicted molar refractivity (Wildman–Crippen MR) is 45.0 cm³/mol. The molecule has 0 radical (unpaired) electrons. The summed E-state index contributed by atoms with van der Waals surface area (Å²) in [6, 6.07) is 0. The lowest BCUT2D eigenvalue weighted by Gasteiger charge is -1.99. The average molecular weight is 165 g/mol. The molecule has 64 valence electrons. The lowest BCUT2D eigenvalue weighted by atomic mass is 10.3. The van der Waals surface area contributed by atoms with Crippen LogP contribution in [0.5, 0.6) is 0 Å². The van der Waals surface area contributed by atoms with Gasteiger partial charge in [-0.1, -0.05) is 18.2 Å². The first-order valence-corrected chi connectivity index (χ1v) is 3.81. The molecule has 0 aromatic carbocycles. The second kappa shape index (κ2) is 3.80. The number of hydrogen-bond acceptors (Lipinski definition) is 3. The Labute approximate surface area is 70.9 Å². The molecule has 1 rings (SSSR count). The fraction of sp³-hybridized carbons (Fsp3) is 0.375. The van der Waals surface area contributed by atoms with E-state index in [1.54, 1.807) is 10.8 Å². The molecule has 0 unspecified atom stereocenters. The molecule has 0 spiro atoms. The molecule has 1 aromatic rings. The lowest BCUT2D eigenvalue weighted by Crippen LogP contribution is -2.03. The van der Waals surface area contributed by atoms with Crippen LogP contribution in [0.2, 0.25) is 0 Å². The number of aromatic nitrogens is 3. The molecule has 1 heterocycles. The number of rotatable bonds is 4. The van der Waals surface area contributed by atoms with E-state index in [2.05, 4.69) is 16.9 Å². The van der Waals surface area contributed by atoms with Crippen molar-refractivity contribution < 1.29 is 4.79 Å². The predicted octanol–water partition coefficient (Wildman–Crippen LogP) is 0.839. The highest BCUT2D eigenvalue weighted by Crippen LogP contribution is 2.03. The summed E-state index contributed by atoms with van der Waals surface area (Å²) in [7, 11) is 0. The van der Waals surface area contributed by atoms with Crippen molar-refractivity contribution in [3.63, 3.8) is 0 Å². The molecule has 0 aliphatic carbocycles. The van der Waals surface area contributed by atoms with Crippen molar-refractivity contribution in [2.45, 2.75) is 19.9 Å². The Hall–Kier alpha value is -1.45. The molecule has 0 N–H and O–H groups in total. The number of aldehydes is 1. The summed E-state index contributed by atoms with van der Waals surface area (Å²) >= 11 is 0. The third kappa shape index (κ3) is 1.42. The van der Waals surface area contributed by atoms with Crippen LogP contribution in [0.1, 0.15) is 23.1 Å². The normalized spacial score (nSPS) is 9.75. The van der Waals surface area contributed by atoms with E-state index in [9.17, 15) is 4.79 Å². The number of nitrogens with zero attached hydrogens (tertiary/aromatic N) is 3. The third-order valence-electron chi connectivity index (χ3n) is 1.62. The smallest absolute Gasteiger partial charge is 0.172 e. The molecular weight excluding hydrogens is 154 g/mol. The maximum absolute atomic E-state index is 10.5. The van der Waals surface area contributed by atoms with Gasteiger partial charge in [0.05, 0.1) is 12.2 Å². The Bertz CT molecular complexity index is 290. The van der Waals surface area contributed by atoms with Gasteiger partial charge in [0.2, 0.25) is 0 Å². The summed E-state index contributed by atoms with van der Waals surface area (Å²) in [5.41, 5.74) is 1.30. The van der Waals surface area contributed by atoms with E-state index in [-0.39, 0.29) is 0 Å². The molecule has 0 amide bonds. The number of carbonyl (C=O) groups is 1. The van der Waals surface area contributed by atoms with Gasteiger partial charge in [-0.05, 0) is 6.42 Å². The molecule has 1 aromatic heterocycles. The van der Waals surface area contributed by atoms with Crippen LogP contribution in [0.3, 0.4) is 0 Å². The monoisotopic (exact) mass is 165 g/mol. The van der Waals surface area contributed by atoms with Crippen LogP contribution < -0.4 is 0 Å². The minimum Gasteiger partial charge on any atom is -0.296 e. The number of allylic oxidation sites excluding steroid dienone is 1. The van der Waals surface area contributed by atoms with Gasteiger partial charge in [-0.15, -0.1) is 11.7 Å². The van der Waals surface area contributed by atoms with Crippen molar-refractivity contribution >= 4 is 6.29 Å². The topological polar surface area (TPSA) is 47.8 Å². The highest BCUT2D eigenvalue weighted by Gasteiger charge is 2.07. The van der Waals surface area contributed by atoms with E-state index in [1.165, 1.54) is 0 Å². The van der Waals surface area contributed by atoms with E-state index < -0.39 is 0 Å². The van der Waals surface area contributed by atoms with Crippen molar-refractivity contribution in [1.29, 1.82) is 0 Å². The van der Waals surface area contributed by atoms with Gasteiger partial charge in [-0.3, -0.25) is 4.79 Å². The Morgan fingerprint density at radius 3 is 2.92 bits per heavy atom. The van der Waals surface area contributed by atoms with Crippen molar-refractivity contribution in [1.82, 2.24) is 15.0 Å². The lowest BCUT2D eigenvalue weighted by molar-refractivity contribution is 0.111.